The third kappa shape index (κ3) is 3.28. The van der Waals surface area contributed by atoms with Crippen LogP contribution in [0, 0.1) is 0 Å². The largest absolute Gasteiger partial charge is 0.453 e. The molecule has 2 heterocycles. The van der Waals surface area contributed by atoms with Gasteiger partial charge in [0.25, 0.3) is 0 Å². The van der Waals surface area contributed by atoms with Crippen molar-refractivity contribution in [2.75, 3.05) is 0 Å². The Morgan fingerprint density at radius 3 is 2.73 bits per heavy atom. The summed E-state index contributed by atoms with van der Waals surface area (Å²) < 4.78 is 7.95. The Balaban J connectivity index is 1.66. The molecule has 0 aliphatic heterocycles. The van der Waals surface area contributed by atoms with Gasteiger partial charge in [0.05, 0.1) is 0 Å². The molecule has 0 amide bonds. The molecule has 6 heteroatoms. The van der Waals surface area contributed by atoms with E-state index in [4.69, 9.17) is 16.0 Å². The lowest BCUT2D eigenvalue weighted by molar-refractivity contribution is 0.613. The SMILES string of the molecule is C=CCn1c(SCc2ccccc2Cl)nnc1-c1cc2ccccc2o1. The first-order valence-corrected chi connectivity index (χ1v) is 9.52. The van der Waals surface area contributed by atoms with Gasteiger partial charge in [-0.05, 0) is 23.8 Å². The van der Waals surface area contributed by atoms with Crippen molar-refractivity contribution in [1.82, 2.24) is 14.8 Å². The Labute approximate surface area is 160 Å². The van der Waals surface area contributed by atoms with Gasteiger partial charge in [0, 0.05) is 22.7 Å². The van der Waals surface area contributed by atoms with Crippen molar-refractivity contribution in [2.24, 2.45) is 0 Å². The van der Waals surface area contributed by atoms with Crippen LogP contribution in [0.15, 0.2) is 76.8 Å². The lowest BCUT2D eigenvalue weighted by Crippen LogP contribution is -2.00. The van der Waals surface area contributed by atoms with Gasteiger partial charge in [-0.3, -0.25) is 4.57 Å². The molecule has 0 unspecified atom stereocenters. The summed E-state index contributed by atoms with van der Waals surface area (Å²) in [6.45, 7) is 4.45. The number of thioether (sulfide) groups is 1. The molecule has 0 spiro atoms. The summed E-state index contributed by atoms with van der Waals surface area (Å²) in [7, 11) is 0. The van der Waals surface area contributed by atoms with E-state index in [1.165, 1.54) is 0 Å². The molecule has 4 rings (SSSR count). The van der Waals surface area contributed by atoms with E-state index < -0.39 is 0 Å². The first kappa shape index (κ1) is 16.9. The van der Waals surface area contributed by atoms with E-state index in [1.54, 1.807) is 11.8 Å². The van der Waals surface area contributed by atoms with Gasteiger partial charge in [0.1, 0.15) is 5.58 Å². The summed E-state index contributed by atoms with van der Waals surface area (Å²) in [4.78, 5) is 0. The normalized spacial score (nSPS) is 11.1. The van der Waals surface area contributed by atoms with Crippen LogP contribution in [-0.4, -0.2) is 14.8 Å². The quantitative estimate of drug-likeness (QED) is 0.311. The summed E-state index contributed by atoms with van der Waals surface area (Å²) in [6, 6.07) is 17.7. The van der Waals surface area contributed by atoms with Crippen LogP contribution in [0.3, 0.4) is 0 Å². The molecule has 0 radical (unpaired) electrons. The summed E-state index contributed by atoms with van der Waals surface area (Å²) >= 11 is 7.84. The van der Waals surface area contributed by atoms with Crippen molar-refractivity contribution in [3.63, 3.8) is 0 Å². The van der Waals surface area contributed by atoms with Crippen molar-refractivity contribution in [1.29, 1.82) is 0 Å². The number of rotatable bonds is 6. The van der Waals surface area contributed by atoms with Gasteiger partial charge in [-0.1, -0.05) is 65.8 Å². The molecule has 0 fully saturated rings. The molecule has 0 bridgehead atoms. The number of furan rings is 1. The van der Waals surface area contributed by atoms with Crippen molar-refractivity contribution in [3.8, 4) is 11.6 Å². The Morgan fingerprint density at radius 1 is 1.12 bits per heavy atom. The zero-order valence-electron chi connectivity index (χ0n) is 13.9. The maximum Gasteiger partial charge on any atom is 0.200 e. The number of aromatic nitrogens is 3. The Morgan fingerprint density at radius 2 is 1.92 bits per heavy atom. The number of allylic oxidation sites excluding steroid dienone is 1. The van der Waals surface area contributed by atoms with E-state index in [-0.39, 0.29) is 0 Å². The van der Waals surface area contributed by atoms with Gasteiger partial charge in [-0.15, -0.1) is 16.8 Å². The zero-order valence-corrected chi connectivity index (χ0v) is 15.5. The van der Waals surface area contributed by atoms with Crippen LogP contribution >= 0.6 is 23.4 Å². The predicted molar refractivity (Wildman–Crippen MR) is 106 cm³/mol. The molecule has 0 aliphatic carbocycles. The van der Waals surface area contributed by atoms with E-state index >= 15 is 0 Å². The van der Waals surface area contributed by atoms with E-state index in [9.17, 15) is 0 Å². The molecule has 0 saturated heterocycles. The highest BCUT2D eigenvalue weighted by atomic mass is 35.5. The molecule has 4 nitrogen and oxygen atoms in total. The van der Waals surface area contributed by atoms with Crippen molar-refractivity contribution >= 4 is 34.3 Å². The first-order chi connectivity index (χ1) is 12.8. The van der Waals surface area contributed by atoms with E-state index in [0.29, 0.717) is 18.1 Å². The van der Waals surface area contributed by atoms with Crippen LogP contribution in [0.5, 0.6) is 0 Å². The van der Waals surface area contributed by atoms with Crippen LogP contribution in [0.25, 0.3) is 22.6 Å². The first-order valence-electron chi connectivity index (χ1n) is 8.15. The highest BCUT2D eigenvalue weighted by molar-refractivity contribution is 7.98. The number of halogens is 1. The maximum atomic E-state index is 6.25. The molecule has 0 aliphatic rings. The number of hydrogen-bond acceptors (Lipinski definition) is 4. The van der Waals surface area contributed by atoms with E-state index in [1.807, 2.05) is 65.2 Å². The van der Waals surface area contributed by atoms with Gasteiger partial charge >= 0.3 is 0 Å². The van der Waals surface area contributed by atoms with Crippen LogP contribution in [0.4, 0.5) is 0 Å². The minimum Gasteiger partial charge on any atom is -0.453 e. The highest BCUT2D eigenvalue weighted by Crippen LogP contribution is 2.31. The topological polar surface area (TPSA) is 43.9 Å². The van der Waals surface area contributed by atoms with Crippen molar-refractivity contribution in [2.45, 2.75) is 17.5 Å². The van der Waals surface area contributed by atoms with E-state index in [0.717, 1.165) is 32.5 Å². The molecule has 0 saturated carbocycles. The molecule has 26 heavy (non-hydrogen) atoms. The summed E-state index contributed by atoms with van der Waals surface area (Å²) in [5, 5.41) is 11.3. The fraction of sp³-hybridized carbons (Fsp3) is 0.100. The van der Waals surface area contributed by atoms with Gasteiger partial charge in [0.15, 0.2) is 10.9 Å². The van der Waals surface area contributed by atoms with Crippen LogP contribution < -0.4 is 0 Å². The number of hydrogen-bond donors (Lipinski definition) is 0. The van der Waals surface area contributed by atoms with Crippen LogP contribution in [0.1, 0.15) is 5.56 Å². The molecular weight excluding hydrogens is 366 g/mol. The summed E-state index contributed by atoms with van der Waals surface area (Å²) in [6.07, 6.45) is 1.83. The second-order valence-corrected chi connectivity index (χ2v) is 7.08. The minimum absolute atomic E-state index is 0.601. The Hall–Kier alpha value is -2.50. The van der Waals surface area contributed by atoms with Gasteiger partial charge in [-0.25, -0.2) is 0 Å². The standard InChI is InChI=1S/C20H16ClN3OS/c1-2-11-24-19(18-12-14-7-4-6-10-17(14)25-18)22-23-20(24)26-13-15-8-3-5-9-16(15)21/h2-10,12H,1,11,13H2. The number of benzene rings is 2. The Bertz CT molecular complexity index is 1040. The number of fused-ring (bicyclic) bond motifs is 1. The molecule has 0 atom stereocenters. The minimum atomic E-state index is 0.601. The van der Waals surface area contributed by atoms with Gasteiger partial charge in [0.2, 0.25) is 5.82 Å². The summed E-state index contributed by atoms with van der Waals surface area (Å²) in [5.74, 6) is 2.11. The second-order valence-electron chi connectivity index (χ2n) is 5.73. The average molecular weight is 382 g/mol. The fourth-order valence-corrected chi connectivity index (χ4v) is 3.95. The molecule has 4 aromatic rings. The maximum absolute atomic E-state index is 6.25. The molecule has 0 N–H and O–H groups in total. The summed E-state index contributed by atoms with van der Waals surface area (Å²) in [5.41, 5.74) is 1.90. The Kier molecular flexibility index (Phi) is 4.82. The third-order valence-electron chi connectivity index (χ3n) is 3.99. The third-order valence-corrected chi connectivity index (χ3v) is 5.37. The second kappa shape index (κ2) is 7.40. The molecular formula is C20H16ClN3OS. The van der Waals surface area contributed by atoms with Gasteiger partial charge < -0.3 is 4.42 Å². The van der Waals surface area contributed by atoms with Crippen LogP contribution in [-0.2, 0) is 12.3 Å². The van der Waals surface area contributed by atoms with Gasteiger partial charge in [-0.2, -0.15) is 0 Å². The molecule has 2 aromatic heterocycles. The lowest BCUT2D eigenvalue weighted by Gasteiger charge is -2.07. The fourth-order valence-electron chi connectivity index (χ4n) is 2.72. The molecule has 130 valence electrons. The van der Waals surface area contributed by atoms with E-state index in [2.05, 4.69) is 16.8 Å². The van der Waals surface area contributed by atoms with Crippen molar-refractivity contribution < 1.29 is 4.42 Å². The van der Waals surface area contributed by atoms with Crippen LogP contribution in [0.2, 0.25) is 5.02 Å². The van der Waals surface area contributed by atoms with Crippen molar-refractivity contribution in [3.05, 3.63) is 77.8 Å². The monoisotopic (exact) mass is 381 g/mol. The average Bonchev–Trinajstić information content (AvgIpc) is 3.25. The highest BCUT2D eigenvalue weighted by Gasteiger charge is 2.17. The number of nitrogens with zero attached hydrogens (tertiary/aromatic N) is 3. The smallest absolute Gasteiger partial charge is 0.200 e. The predicted octanol–water partition coefficient (Wildman–Crippen LogP) is 5.82. The molecule has 2 aromatic carbocycles. The lowest BCUT2D eigenvalue weighted by atomic mass is 10.2. The zero-order chi connectivity index (χ0) is 17.9. The number of para-hydroxylation sites is 1.